The normalized spacial score (nSPS) is 11.4. The number of para-hydroxylation sites is 1. The van der Waals surface area contributed by atoms with Crippen LogP contribution in [0.2, 0.25) is 0 Å². The average Bonchev–Trinajstić information content (AvgIpc) is 3.22. The molecule has 3 heterocycles. The van der Waals surface area contributed by atoms with Gasteiger partial charge >= 0.3 is 0 Å². The Hall–Kier alpha value is -3.25. The molecule has 3 aromatic heterocycles. The molecule has 0 amide bonds. The zero-order valence-electron chi connectivity index (χ0n) is 16.2. The van der Waals surface area contributed by atoms with Gasteiger partial charge in [-0.25, -0.2) is 19.9 Å². The highest BCUT2D eigenvalue weighted by atomic mass is 32.2. The molecule has 5 aromatic rings. The van der Waals surface area contributed by atoms with Crippen LogP contribution < -0.4 is 0 Å². The van der Waals surface area contributed by atoms with Crippen molar-refractivity contribution in [2.45, 2.75) is 24.6 Å². The number of aromatic nitrogens is 5. The summed E-state index contributed by atoms with van der Waals surface area (Å²) in [5.74, 6) is 0.750. The Kier molecular flexibility index (Phi) is 4.48. The third kappa shape index (κ3) is 3.25. The number of imidazole rings is 1. The maximum Gasteiger partial charge on any atom is 0.161 e. The number of fused-ring (bicyclic) bond motifs is 2. The molecule has 6 heteroatoms. The van der Waals surface area contributed by atoms with Crippen molar-refractivity contribution >= 4 is 33.8 Å². The third-order valence-electron chi connectivity index (χ3n) is 5.07. The van der Waals surface area contributed by atoms with Gasteiger partial charge in [0.05, 0.1) is 17.5 Å². The van der Waals surface area contributed by atoms with Crippen molar-refractivity contribution in [3.8, 4) is 11.3 Å². The second kappa shape index (κ2) is 7.29. The van der Waals surface area contributed by atoms with Crippen molar-refractivity contribution in [3.05, 3.63) is 77.9 Å². The Morgan fingerprint density at radius 2 is 1.76 bits per heavy atom. The van der Waals surface area contributed by atoms with Crippen molar-refractivity contribution in [1.82, 2.24) is 24.9 Å². The Morgan fingerprint density at radius 1 is 0.897 bits per heavy atom. The summed E-state index contributed by atoms with van der Waals surface area (Å²) in [6, 6.07) is 17.0. The first-order valence-corrected chi connectivity index (χ1v) is 10.4. The van der Waals surface area contributed by atoms with Crippen LogP contribution >= 0.6 is 11.8 Å². The molecule has 0 spiro atoms. The minimum Gasteiger partial charge on any atom is -0.329 e. The topological polar surface area (TPSA) is 67.3 Å². The van der Waals surface area contributed by atoms with Gasteiger partial charge in [0.25, 0.3) is 0 Å². The molecule has 0 aliphatic carbocycles. The number of thioether (sulfide) groups is 1. The van der Waals surface area contributed by atoms with E-state index < -0.39 is 0 Å². The van der Waals surface area contributed by atoms with Crippen LogP contribution in [0.5, 0.6) is 0 Å². The first kappa shape index (κ1) is 17.8. The Labute approximate surface area is 172 Å². The van der Waals surface area contributed by atoms with Gasteiger partial charge in [0.2, 0.25) is 0 Å². The first-order valence-electron chi connectivity index (χ1n) is 9.43. The molecule has 0 aliphatic heterocycles. The van der Waals surface area contributed by atoms with Crippen LogP contribution in [0.3, 0.4) is 0 Å². The van der Waals surface area contributed by atoms with E-state index in [9.17, 15) is 0 Å². The summed E-state index contributed by atoms with van der Waals surface area (Å²) in [6.45, 7) is 4.24. The fourth-order valence-corrected chi connectivity index (χ4v) is 4.49. The number of aromatic amines is 1. The summed E-state index contributed by atoms with van der Waals surface area (Å²) in [4.78, 5) is 21.2. The van der Waals surface area contributed by atoms with E-state index in [0.717, 1.165) is 38.5 Å². The molecule has 29 heavy (non-hydrogen) atoms. The highest BCUT2D eigenvalue weighted by Crippen LogP contribution is 2.34. The molecular formula is C23H19N5S. The molecule has 0 fully saturated rings. The molecule has 0 atom stereocenters. The van der Waals surface area contributed by atoms with Crippen LogP contribution in [0, 0.1) is 13.8 Å². The van der Waals surface area contributed by atoms with Gasteiger partial charge in [-0.05, 0) is 36.6 Å². The van der Waals surface area contributed by atoms with E-state index in [1.54, 1.807) is 24.4 Å². The zero-order chi connectivity index (χ0) is 19.8. The van der Waals surface area contributed by atoms with Gasteiger partial charge in [0, 0.05) is 16.7 Å². The van der Waals surface area contributed by atoms with Crippen molar-refractivity contribution in [2.24, 2.45) is 0 Å². The lowest BCUT2D eigenvalue weighted by molar-refractivity contribution is 1.08. The van der Waals surface area contributed by atoms with E-state index in [4.69, 9.17) is 4.98 Å². The largest absolute Gasteiger partial charge is 0.329 e. The number of hydrogen-bond donors (Lipinski definition) is 1. The molecular weight excluding hydrogens is 378 g/mol. The smallest absolute Gasteiger partial charge is 0.161 e. The zero-order valence-corrected chi connectivity index (χ0v) is 17.0. The fourth-order valence-electron chi connectivity index (χ4n) is 3.57. The van der Waals surface area contributed by atoms with Gasteiger partial charge in [0.15, 0.2) is 5.65 Å². The number of pyridine rings is 1. The van der Waals surface area contributed by atoms with Gasteiger partial charge in [-0.2, -0.15) is 0 Å². The summed E-state index contributed by atoms with van der Waals surface area (Å²) in [6.07, 6.45) is 3.23. The van der Waals surface area contributed by atoms with Gasteiger partial charge in [0.1, 0.15) is 16.9 Å². The summed E-state index contributed by atoms with van der Waals surface area (Å²) in [5, 5.41) is 2.03. The second-order valence-electron chi connectivity index (χ2n) is 7.02. The molecule has 5 nitrogen and oxygen atoms in total. The van der Waals surface area contributed by atoms with Crippen LogP contribution in [-0.2, 0) is 5.75 Å². The standard InChI is InChI=1S/C23H19N5S/c1-14-6-3-4-9-18(14)20-17(10-16-8-5-7-15(2)19(16)28-20)11-29-23-21-22(25-12-24-21)26-13-27-23/h3-10,12-13H,11H2,1-2H3,(H,24,25,26,27). The van der Waals surface area contributed by atoms with Crippen LogP contribution in [0.1, 0.15) is 16.7 Å². The van der Waals surface area contributed by atoms with E-state index in [1.165, 1.54) is 22.3 Å². The minimum atomic E-state index is 0.750. The van der Waals surface area contributed by atoms with Crippen molar-refractivity contribution in [3.63, 3.8) is 0 Å². The van der Waals surface area contributed by atoms with Crippen LogP contribution in [0.15, 0.2) is 66.2 Å². The molecule has 142 valence electrons. The number of nitrogens with zero attached hydrogens (tertiary/aromatic N) is 4. The fraction of sp³-hybridized carbons (Fsp3) is 0.130. The summed E-state index contributed by atoms with van der Waals surface area (Å²) < 4.78 is 0. The molecule has 5 rings (SSSR count). The second-order valence-corrected chi connectivity index (χ2v) is 7.99. The quantitative estimate of drug-likeness (QED) is 0.321. The lowest BCUT2D eigenvalue weighted by Gasteiger charge is -2.14. The van der Waals surface area contributed by atoms with Crippen molar-refractivity contribution in [2.75, 3.05) is 0 Å². The maximum atomic E-state index is 5.10. The van der Waals surface area contributed by atoms with Crippen LogP contribution in [0.4, 0.5) is 0 Å². The number of nitrogens with one attached hydrogen (secondary N) is 1. The predicted octanol–water partition coefficient (Wildman–Crippen LogP) is 5.48. The van der Waals surface area contributed by atoms with E-state index in [-0.39, 0.29) is 0 Å². The molecule has 0 saturated carbocycles. The Morgan fingerprint density at radius 3 is 2.66 bits per heavy atom. The average molecular weight is 398 g/mol. The molecule has 0 bridgehead atoms. The first-order chi connectivity index (χ1) is 14.2. The number of H-pyrrole nitrogens is 1. The predicted molar refractivity (Wildman–Crippen MR) is 118 cm³/mol. The van der Waals surface area contributed by atoms with Crippen LogP contribution in [-0.4, -0.2) is 24.9 Å². The van der Waals surface area contributed by atoms with Gasteiger partial charge < -0.3 is 4.98 Å². The minimum absolute atomic E-state index is 0.750. The van der Waals surface area contributed by atoms with Gasteiger partial charge in [-0.3, -0.25) is 0 Å². The molecule has 0 radical (unpaired) electrons. The monoisotopic (exact) mass is 397 g/mol. The highest BCUT2D eigenvalue weighted by molar-refractivity contribution is 7.98. The van der Waals surface area contributed by atoms with Gasteiger partial charge in [-0.15, -0.1) is 0 Å². The van der Waals surface area contributed by atoms with Crippen molar-refractivity contribution < 1.29 is 0 Å². The summed E-state index contributed by atoms with van der Waals surface area (Å²) in [5.41, 5.74) is 8.40. The van der Waals surface area contributed by atoms with Gasteiger partial charge in [-0.1, -0.05) is 54.2 Å². The molecule has 0 unspecified atom stereocenters. The number of aryl methyl sites for hydroxylation is 2. The SMILES string of the molecule is Cc1ccccc1-c1nc2c(C)cccc2cc1CSc1ncnc2[nH]cnc12. The number of rotatable bonds is 4. The van der Waals surface area contributed by atoms with E-state index in [0.29, 0.717) is 0 Å². The van der Waals surface area contributed by atoms with E-state index >= 15 is 0 Å². The lowest BCUT2D eigenvalue weighted by atomic mass is 9.99. The Bertz CT molecular complexity index is 1340. The van der Waals surface area contributed by atoms with E-state index in [1.807, 2.05) is 0 Å². The Balaban J connectivity index is 1.63. The molecule has 1 N–H and O–H groups in total. The number of benzene rings is 2. The summed E-state index contributed by atoms with van der Waals surface area (Å²) in [7, 11) is 0. The van der Waals surface area contributed by atoms with Crippen molar-refractivity contribution in [1.29, 1.82) is 0 Å². The third-order valence-corrected chi connectivity index (χ3v) is 6.10. The molecule has 0 saturated heterocycles. The summed E-state index contributed by atoms with van der Waals surface area (Å²) >= 11 is 1.66. The molecule has 0 aliphatic rings. The highest BCUT2D eigenvalue weighted by Gasteiger charge is 2.14. The van der Waals surface area contributed by atoms with E-state index in [2.05, 4.69) is 82.3 Å². The number of hydrogen-bond acceptors (Lipinski definition) is 5. The van der Waals surface area contributed by atoms with Crippen LogP contribution in [0.25, 0.3) is 33.3 Å². The maximum absolute atomic E-state index is 5.10. The lowest BCUT2D eigenvalue weighted by Crippen LogP contribution is -1.97. The molecule has 2 aromatic carbocycles.